The first-order valence-electron chi connectivity index (χ1n) is 4.84. The SMILES string of the molecule is N=[N+]=NCCC1CN(C(=O)[O-])CCC1(F)F. The fraction of sp³-hybridized carbons (Fsp3) is 0.875. The lowest BCUT2D eigenvalue weighted by Crippen LogP contribution is -2.53. The molecule has 6 nitrogen and oxygen atoms in total. The number of hydrogen-bond donors (Lipinski definition) is 1. The quantitative estimate of drug-likeness (QED) is 0.559. The third kappa shape index (κ3) is 2.96. The van der Waals surface area contributed by atoms with E-state index >= 15 is 0 Å². The minimum atomic E-state index is -2.89. The molecule has 1 saturated heterocycles. The van der Waals surface area contributed by atoms with Gasteiger partial charge in [-0.3, -0.25) is 0 Å². The predicted octanol–water partition coefficient (Wildman–Crippen LogP) is 0.227. The maximum atomic E-state index is 13.4. The topological polar surface area (TPSA) is 93.7 Å². The number of halogens is 2. The van der Waals surface area contributed by atoms with Gasteiger partial charge in [0.15, 0.2) is 0 Å². The molecule has 0 aromatic heterocycles. The van der Waals surface area contributed by atoms with E-state index in [1.54, 1.807) is 0 Å². The second-order valence-corrected chi connectivity index (χ2v) is 3.67. The number of piperidine rings is 1. The van der Waals surface area contributed by atoms with Crippen LogP contribution in [0.3, 0.4) is 0 Å². The molecular formula is C8H12F2N4O2. The molecule has 1 aliphatic heterocycles. The molecule has 1 rings (SSSR count). The minimum Gasteiger partial charge on any atom is -0.530 e. The number of nitrogens with one attached hydrogen (secondary N) is 1. The lowest BCUT2D eigenvalue weighted by molar-refractivity contribution is -0.270. The van der Waals surface area contributed by atoms with Crippen LogP contribution in [-0.2, 0) is 0 Å². The summed E-state index contributed by atoms with van der Waals surface area (Å²) in [4.78, 5) is 14.1. The van der Waals surface area contributed by atoms with Crippen molar-refractivity contribution in [2.75, 3.05) is 19.6 Å². The average Bonchev–Trinajstić information content (AvgIpc) is 2.20. The number of alkyl halides is 2. The van der Waals surface area contributed by atoms with Gasteiger partial charge in [0.05, 0.1) is 0 Å². The van der Waals surface area contributed by atoms with Gasteiger partial charge < -0.3 is 14.8 Å². The van der Waals surface area contributed by atoms with Crippen LogP contribution in [-0.4, -0.2) is 36.5 Å². The van der Waals surface area contributed by atoms with E-state index in [0.717, 1.165) is 4.90 Å². The Balaban J connectivity index is 2.60. The summed E-state index contributed by atoms with van der Waals surface area (Å²) in [5.41, 5.74) is 6.38. The molecule has 1 amide bonds. The second-order valence-electron chi connectivity index (χ2n) is 3.67. The van der Waals surface area contributed by atoms with E-state index in [9.17, 15) is 18.7 Å². The highest BCUT2D eigenvalue weighted by atomic mass is 19.3. The lowest BCUT2D eigenvalue weighted by atomic mass is 9.91. The normalized spacial score (nSPS) is 23.6. The van der Waals surface area contributed by atoms with Crippen LogP contribution < -0.4 is 10.0 Å². The summed E-state index contributed by atoms with van der Waals surface area (Å²) in [6.45, 7) is -0.445. The number of carbonyl (C=O) groups excluding carboxylic acids is 1. The summed E-state index contributed by atoms with van der Waals surface area (Å²) in [6, 6.07) is 0. The molecule has 1 atom stereocenters. The van der Waals surface area contributed by atoms with Gasteiger partial charge in [0.2, 0.25) is 4.91 Å². The van der Waals surface area contributed by atoms with Crippen molar-refractivity contribution in [3.63, 3.8) is 0 Å². The van der Waals surface area contributed by atoms with E-state index in [1.165, 1.54) is 0 Å². The highest BCUT2D eigenvalue weighted by Crippen LogP contribution is 2.35. The Hall–Kier alpha value is -1.56. The maximum absolute atomic E-state index is 13.4. The third-order valence-corrected chi connectivity index (χ3v) is 2.66. The zero-order valence-electron chi connectivity index (χ0n) is 8.53. The summed E-state index contributed by atoms with van der Waals surface area (Å²) in [5.74, 6) is -3.96. The van der Waals surface area contributed by atoms with Gasteiger partial charge in [-0.1, -0.05) is 0 Å². The lowest BCUT2D eigenvalue weighted by Gasteiger charge is -2.39. The molecule has 1 heterocycles. The van der Waals surface area contributed by atoms with E-state index < -0.39 is 24.4 Å². The first-order valence-corrected chi connectivity index (χ1v) is 4.84. The van der Waals surface area contributed by atoms with Gasteiger partial charge >= 0.3 is 0 Å². The summed E-state index contributed by atoms with van der Waals surface area (Å²) in [6.07, 6.45) is -1.91. The molecule has 1 aliphatic rings. The second kappa shape index (κ2) is 4.98. The molecule has 90 valence electrons. The van der Waals surface area contributed by atoms with Crippen molar-refractivity contribution < 1.29 is 18.7 Å². The van der Waals surface area contributed by atoms with Gasteiger partial charge in [0.1, 0.15) is 23.3 Å². The number of likely N-dealkylation sites (tertiary alicyclic amines) is 1. The van der Waals surface area contributed by atoms with E-state index in [4.69, 9.17) is 5.53 Å². The highest BCUT2D eigenvalue weighted by molar-refractivity contribution is 5.62. The van der Waals surface area contributed by atoms with Gasteiger partial charge in [-0.25, -0.2) is 8.78 Å². The van der Waals surface area contributed by atoms with Crippen molar-refractivity contribution in [2.45, 2.75) is 18.8 Å². The van der Waals surface area contributed by atoms with E-state index in [-0.39, 0.29) is 26.1 Å². The van der Waals surface area contributed by atoms with Crippen molar-refractivity contribution in [1.82, 2.24) is 9.81 Å². The molecule has 16 heavy (non-hydrogen) atoms. The number of rotatable bonds is 3. The molecule has 1 N–H and O–H groups in total. The monoisotopic (exact) mass is 234 g/mol. The summed E-state index contributed by atoms with van der Waals surface area (Å²) in [7, 11) is 0. The molecule has 0 spiro atoms. The predicted molar refractivity (Wildman–Crippen MR) is 46.8 cm³/mol. The molecular weight excluding hydrogens is 222 g/mol. The highest BCUT2D eigenvalue weighted by Gasteiger charge is 2.43. The van der Waals surface area contributed by atoms with Crippen molar-refractivity contribution in [1.29, 1.82) is 5.53 Å². The smallest absolute Gasteiger partial charge is 0.254 e. The summed E-state index contributed by atoms with van der Waals surface area (Å²) in [5, 5.41) is 13.8. The van der Waals surface area contributed by atoms with Gasteiger partial charge in [0.25, 0.3) is 5.92 Å². The van der Waals surface area contributed by atoms with Gasteiger partial charge in [-0.15, -0.1) is 0 Å². The van der Waals surface area contributed by atoms with Crippen LogP contribution in [0, 0.1) is 11.4 Å². The van der Waals surface area contributed by atoms with Crippen molar-refractivity contribution in [3.8, 4) is 0 Å². The fourth-order valence-corrected chi connectivity index (χ4v) is 1.71. The van der Waals surface area contributed by atoms with Crippen molar-refractivity contribution >= 4 is 6.09 Å². The Labute approximate surface area is 90.5 Å². The van der Waals surface area contributed by atoms with E-state index in [1.807, 2.05) is 0 Å². The zero-order chi connectivity index (χ0) is 12.2. The molecule has 0 radical (unpaired) electrons. The van der Waals surface area contributed by atoms with Crippen molar-refractivity contribution in [2.24, 2.45) is 11.0 Å². The van der Waals surface area contributed by atoms with Crippen molar-refractivity contribution in [3.05, 3.63) is 0 Å². The molecule has 1 unspecified atom stereocenters. The third-order valence-electron chi connectivity index (χ3n) is 2.66. The summed E-state index contributed by atoms with van der Waals surface area (Å²) >= 11 is 0. The maximum Gasteiger partial charge on any atom is 0.254 e. The first kappa shape index (κ1) is 12.5. The molecule has 8 heteroatoms. The van der Waals surface area contributed by atoms with Crippen LogP contribution in [0.15, 0.2) is 5.11 Å². The van der Waals surface area contributed by atoms with Crippen LogP contribution in [0.2, 0.25) is 0 Å². The van der Waals surface area contributed by atoms with Crippen LogP contribution >= 0.6 is 0 Å². The molecule has 1 fully saturated rings. The van der Waals surface area contributed by atoms with Gasteiger partial charge in [-0.05, 0) is 6.42 Å². The first-order chi connectivity index (χ1) is 7.47. The number of amides is 1. The number of carbonyl (C=O) groups is 1. The molecule has 0 saturated carbocycles. The Kier molecular flexibility index (Phi) is 3.89. The van der Waals surface area contributed by atoms with Gasteiger partial charge in [-0.2, -0.15) is 0 Å². The number of carboxylic acid groups (broad SMARTS) is 1. The molecule has 0 aromatic rings. The Morgan fingerprint density at radius 3 is 2.94 bits per heavy atom. The Morgan fingerprint density at radius 1 is 1.69 bits per heavy atom. The van der Waals surface area contributed by atoms with Crippen LogP contribution in [0.1, 0.15) is 12.8 Å². The summed E-state index contributed by atoms with van der Waals surface area (Å²) < 4.78 is 26.7. The Morgan fingerprint density at radius 2 is 2.38 bits per heavy atom. The van der Waals surface area contributed by atoms with E-state index in [0.29, 0.717) is 0 Å². The fourth-order valence-electron chi connectivity index (χ4n) is 1.71. The standard InChI is InChI=1S/C8H12F2N4O2/c9-8(10)2-4-14(7(15)16)5-6(8)1-3-12-13-11/h6,11H,1-5H2. The van der Waals surface area contributed by atoms with E-state index in [2.05, 4.69) is 10.0 Å². The number of hydrogen-bond acceptors (Lipinski definition) is 4. The molecule has 0 bridgehead atoms. The largest absolute Gasteiger partial charge is 0.530 e. The Bertz CT molecular complexity index is 317. The van der Waals surface area contributed by atoms with Crippen LogP contribution in [0.5, 0.6) is 0 Å². The molecule has 0 aromatic carbocycles. The van der Waals surface area contributed by atoms with Crippen LogP contribution in [0.4, 0.5) is 13.6 Å². The average molecular weight is 234 g/mol. The minimum absolute atomic E-state index is 0.00461. The molecule has 0 aliphatic carbocycles. The van der Waals surface area contributed by atoms with Crippen LogP contribution in [0.25, 0.3) is 0 Å². The van der Waals surface area contributed by atoms with Gasteiger partial charge in [0, 0.05) is 25.4 Å². The zero-order valence-corrected chi connectivity index (χ0v) is 8.53. The number of nitrogens with zero attached hydrogens (tertiary/aromatic N) is 3.